The molecule has 3 rings (SSSR count). The van der Waals surface area contributed by atoms with E-state index >= 15 is 0 Å². The zero-order valence-electron chi connectivity index (χ0n) is 15.9. The normalized spacial score (nSPS) is 11.8. The number of furan rings is 1. The molecule has 0 spiro atoms. The standard InChI is InChI=1S/C21H21N3O4S/c1-17-9-11-18(12-10-17)14-22-23-21(25)16-24(15-19-6-5-13-28-19)29(26,27)20-7-3-2-4-8-20/h2-14H,15-16H2,1H3,(H,23,25)/b22-14-. The van der Waals surface area contributed by atoms with Gasteiger partial charge in [-0.1, -0.05) is 48.0 Å². The Labute approximate surface area is 169 Å². The molecular weight excluding hydrogens is 390 g/mol. The van der Waals surface area contributed by atoms with Crippen LogP contribution in [0.2, 0.25) is 0 Å². The predicted octanol–water partition coefficient (Wildman–Crippen LogP) is 2.93. The van der Waals surface area contributed by atoms with E-state index in [4.69, 9.17) is 4.42 Å². The Balaban J connectivity index is 1.72. The number of carbonyl (C=O) groups is 1. The summed E-state index contributed by atoms with van der Waals surface area (Å²) in [6.45, 7) is 1.51. The molecule has 3 aromatic rings. The number of nitrogens with one attached hydrogen (secondary N) is 1. The summed E-state index contributed by atoms with van der Waals surface area (Å²) in [5.74, 6) is -0.125. The van der Waals surface area contributed by atoms with Crippen LogP contribution in [-0.2, 0) is 21.4 Å². The Kier molecular flexibility index (Phi) is 6.58. The average Bonchev–Trinajstić information content (AvgIpc) is 3.23. The Bertz CT molecular complexity index is 1060. The van der Waals surface area contributed by atoms with Crippen LogP contribution in [0.1, 0.15) is 16.9 Å². The topological polar surface area (TPSA) is 92.0 Å². The molecule has 1 aromatic heterocycles. The van der Waals surface area contributed by atoms with Gasteiger partial charge >= 0.3 is 0 Å². The zero-order chi connectivity index (χ0) is 20.7. The van der Waals surface area contributed by atoms with Crippen molar-refractivity contribution in [3.63, 3.8) is 0 Å². The summed E-state index contributed by atoms with van der Waals surface area (Å²) in [7, 11) is -3.89. The number of sulfonamides is 1. The molecule has 0 saturated carbocycles. The predicted molar refractivity (Wildman–Crippen MR) is 110 cm³/mol. The second-order valence-electron chi connectivity index (χ2n) is 6.37. The first-order valence-corrected chi connectivity index (χ1v) is 10.4. The monoisotopic (exact) mass is 411 g/mol. The highest BCUT2D eigenvalue weighted by molar-refractivity contribution is 7.89. The maximum absolute atomic E-state index is 13.0. The van der Waals surface area contributed by atoms with Gasteiger partial charge in [0.15, 0.2) is 0 Å². The minimum Gasteiger partial charge on any atom is -0.468 e. The van der Waals surface area contributed by atoms with E-state index in [9.17, 15) is 13.2 Å². The van der Waals surface area contributed by atoms with Gasteiger partial charge in [0.25, 0.3) is 5.91 Å². The number of hydrogen-bond donors (Lipinski definition) is 1. The van der Waals surface area contributed by atoms with E-state index in [1.165, 1.54) is 24.6 Å². The van der Waals surface area contributed by atoms with Crippen molar-refractivity contribution in [3.05, 3.63) is 89.9 Å². The van der Waals surface area contributed by atoms with Crippen LogP contribution < -0.4 is 5.43 Å². The first kappa shape index (κ1) is 20.5. The van der Waals surface area contributed by atoms with E-state index in [1.54, 1.807) is 30.3 Å². The molecule has 29 heavy (non-hydrogen) atoms. The number of carbonyl (C=O) groups excluding carboxylic acids is 1. The number of rotatable bonds is 8. The van der Waals surface area contributed by atoms with Gasteiger partial charge in [-0.3, -0.25) is 4.79 Å². The highest BCUT2D eigenvalue weighted by Gasteiger charge is 2.27. The third-order valence-corrected chi connectivity index (χ3v) is 5.90. The lowest BCUT2D eigenvalue weighted by Crippen LogP contribution is -2.38. The first-order chi connectivity index (χ1) is 13.9. The number of benzene rings is 2. The molecule has 0 bridgehead atoms. The summed E-state index contributed by atoms with van der Waals surface area (Å²) >= 11 is 0. The van der Waals surface area contributed by atoms with Crippen molar-refractivity contribution >= 4 is 22.1 Å². The number of hydrazone groups is 1. The van der Waals surface area contributed by atoms with Crippen LogP contribution in [0.4, 0.5) is 0 Å². The maximum atomic E-state index is 13.0. The summed E-state index contributed by atoms with van der Waals surface area (Å²) in [4.78, 5) is 12.4. The summed E-state index contributed by atoms with van der Waals surface area (Å²) in [6, 6.07) is 18.9. The van der Waals surface area contributed by atoms with Gasteiger partial charge in [0.05, 0.1) is 30.5 Å². The van der Waals surface area contributed by atoms with Gasteiger partial charge in [-0.05, 0) is 36.8 Å². The average molecular weight is 411 g/mol. The van der Waals surface area contributed by atoms with E-state index in [0.717, 1.165) is 15.4 Å². The quantitative estimate of drug-likeness (QED) is 0.456. The lowest BCUT2D eigenvalue weighted by atomic mass is 10.2. The Hall–Kier alpha value is -3.23. The van der Waals surface area contributed by atoms with E-state index in [1.807, 2.05) is 31.2 Å². The molecule has 2 aromatic carbocycles. The maximum Gasteiger partial charge on any atom is 0.255 e. The minimum absolute atomic E-state index is 0.0701. The molecule has 0 aliphatic rings. The van der Waals surface area contributed by atoms with Crippen molar-refractivity contribution in [1.82, 2.24) is 9.73 Å². The van der Waals surface area contributed by atoms with Crippen LogP contribution in [-0.4, -0.2) is 31.4 Å². The molecule has 1 N–H and O–H groups in total. The highest BCUT2D eigenvalue weighted by atomic mass is 32.2. The molecule has 0 unspecified atom stereocenters. The second kappa shape index (κ2) is 9.31. The Morgan fingerprint density at radius 3 is 2.45 bits per heavy atom. The van der Waals surface area contributed by atoms with Crippen molar-refractivity contribution in [1.29, 1.82) is 0 Å². The smallest absolute Gasteiger partial charge is 0.255 e. The highest BCUT2D eigenvalue weighted by Crippen LogP contribution is 2.18. The molecule has 1 heterocycles. The van der Waals surface area contributed by atoms with Crippen LogP contribution >= 0.6 is 0 Å². The van der Waals surface area contributed by atoms with Gasteiger partial charge in [0.2, 0.25) is 10.0 Å². The molecule has 7 nitrogen and oxygen atoms in total. The molecular formula is C21H21N3O4S. The van der Waals surface area contributed by atoms with Gasteiger partial charge in [-0.25, -0.2) is 13.8 Å². The Morgan fingerprint density at radius 2 is 1.79 bits per heavy atom. The molecule has 0 fully saturated rings. The second-order valence-corrected chi connectivity index (χ2v) is 8.31. The fourth-order valence-electron chi connectivity index (χ4n) is 2.57. The van der Waals surface area contributed by atoms with Gasteiger partial charge in [-0.2, -0.15) is 9.41 Å². The Morgan fingerprint density at radius 1 is 1.07 bits per heavy atom. The summed E-state index contributed by atoms with van der Waals surface area (Å²) in [5.41, 5.74) is 4.31. The van der Waals surface area contributed by atoms with Gasteiger partial charge in [0, 0.05) is 0 Å². The van der Waals surface area contributed by atoms with Crippen molar-refractivity contribution in [2.24, 2.45) is 5.10 Å². The van der Waals surface area contributed by atoms with E-state index in [-0.39, 0.29) is 11.4 Å². The van der Waals surface area contributed by atoms with Gasteiger partial charge in [-0.15, -0.1) is 0 Å². The summed E-state index contributed by atoms with van der Waals surface area (Å²) in [6.07, 6.45) is 2.95. The molecule has 0 saturated heterocycles. The molecule has 150 valence electrons. The zero-order valence-corrected chi connectivity index (χ0v) is 16.7. The minimum atomic E-state index is -3.89. The van der Waals surface area contributed by atoms with Crippen molar-refractivity contribution in [2.75, 3.05) is 6.54 Å². The number of hydrogen-bond acceptors (Lipinski definition) is 5. The fourth-order valence-corrected chi connectivity index (χ4v) is 3.95. The van der Waals surface area contributed by atoms with Crippen LogP contribution in [0, 0.1) is 6.92 Å². The SMILES string of the molecule is Cc1ccc(/C=N\NC(=O)CN(Cc2ccco2)S(=O)(=O)c2ccccc2)cc1. The summed E-state index contributed by atoms with van der Waals surface area (Å²) < 4.78 is 32.3. The van der Waals surface area contributed by atoms with Crippen molar-refractivity contribution in [3.8, 4) is 0 Å². The molecule has 0 atom stereocenters. The summed E-state index contributed by atoms with van der Waals surface area (Å²) in [5, 5.41) is 3.91. The van der Waals surface area contributed by atoms with Crippen LogP contribution in [0.5, 0.6) is 0 Å². The van der Waals surface area contributed by atoms with Crippen LogP contribution in [0.25, 0.3) is 0 Å². The van der Waals surface area contributed by atoms with Crippen LogP contribution in [0.15, 0.2) is 87.4 Å². The number of aryl methyl sites for hydroxylation is 1. The van der Waals surface area contributed by atoms with E-state index < -0.39 is 22.5 Å². The van der Waals surface area contributed by atoms with Gasteiger partial charge < -0.3 is 4.42 Å². The van der Waals surface area contributed by atoms with Crippen molar-refractivity contribution < 1.29 is 17.6 Å². The van der Waals surface area contributed by atoms with Crippen LogP contribution in [0.3, 0.4) is 0 Å². The number of amides is 1. The lowest BCUT2D eigenvalue weighted by molar-refractivity contribution is -0.121. The molecule has 8 heteroatoms. The lowest BCUT2D eigenvalue weighted by Gasteiger charge is -2.20. The molecule has 0 radical (unpaired) electrons. The first-order valence-electron chi connectivity index (χ1n) is 8.91. The molecule has 1 amide bonds. The molecule has 0 aliphatic carbocycles. The van der Waals surface area contributed by atoms with E-state index in [0.29, 0.717) is 5.76 Å². The molecule has 0 aliphatic heterocycles. The third kappa shape index (κ3) is 5.63. The largest absolute Gasteiger partial charge is 0.468 e. The number of nitrogens with zero attached hydrogens (tertiary/aromatic N) is 2. The third-order valence-electron chi connectivity index (χ3n) is 4.09. The van der Waals surface area contributed by atoms with Crippen molar-refractivity contribution in [2.45, 2.75) is 18.4 Å². The fraction of sp³-hybridized carbons (Fsp3) is 0.143. The van der Waals surface area contributed by atoms with Gasteiger partial charge in [0.1, 0.15) is 5.76 Å². The van der Waals surface area contributed by atoms with E-state index in [2.05, 4.69) is 10.5 Å².